The van der Waals surface area contributed by atoms with Crippen molar-refractivity contribution in [2.24, 2.45) is 0 Å². The summed E-state index contributed by atoms with van der Waals surface area (Å²) in [5.74, 6) is 7.57. The zero-order valence-corrected chi connectivity index (χ0v) is 18.4. The Labute approximate surface area is 168 Å². The summed E-state index contributed by atoms with van der Waals surface area (Å²) in [5, 5.41) is 6.85. The number of nitrogens with two attached hydrogens (primary N) is 1. The van der Waals surface area contributed by atoms with E-state index in [9.17, 15) is 0 Å². The molecule has 3 N–H and O–H groups in total. The number of hydrogen-bond donors (Lipinski definition) is 2. The fourth-order valence-electron chi connectivity index (χ4n) is 2.93. The number of rotatable bonds is 9. The fourth-order valence-corrected chi connectivity index (χ4v) is 3.08. The van der Waals surface area contributed by atoms with Gasteiger partial charge < -0.3 is 10.6 Å². The Morgan fingerprint density at radius 2 is 1.81 bits per heavy atom. The van der Waals surface area contributed by atoms with Crippen LogP contribution in [0.3, 0.4) is 0 Å². The Bertz CT molecular complexity index is 820. The van der Waals surface area contributed by atoms with E-state index >= 15 is 0 Å². The molecule has 0 atom stereocenters. The average Bonchev–Trinajstić information content (AvgIpc) is 2.97. The van der Waals surface area contributed by atoms with Crippen molar-refractivity contribution in [2.75, 3.05) is 12.4 Å². The van der Waals surface area contributed by atoms with E-state index in [4.69, 9.17) is 22.8 Å². The lowest BCUT2D eigenvalue weighted by Crippen LogP contribution is -2.21. The summed E-state index contributed by atoms with van der Waals surface area (Å²) < 4.78 is 8.04. The van der Waals surface area contributed by atoms with Crippen LogP contribution in [0.1, 0.15) is 77.8 Å². The second-order valence-electron chi connectivity index (χ2n) is 8.45. The minimum absolute atomic E-state index is 0.0644. The van der Waals surface area contributed by atoms with Gasteiger partial charge in [0.05, 0.1) is 6.61 Å². The molecule has 0 bridgehead atoms. The third kappa shape index (κ3) is 4.92. The van der Waals surface area contributed by atoms with E-state index in [0.717, 1.165) is 37.3 Å². The van der Waals surface area contributed by atoms with Crippen LogP contribution in [-0.2, 0) is 17.3 Å². The van der Waals surface area contributed by atoms with Crippen molar-refractivity contribution < 1.29 is 4.74 Å². The molecule has 2 rings (SSSR count). The van der Waals surface area contributed by atoms with Gasteiger partial charge in [0.15, 0.2) is 5.82 Å². The highest BCUT2D eigenvalue weighted by Crippen LogP contribution is 2.38. The van der Waals surface area contributed by atoms with Crippen LogP contribution in [0.2, 0.25) is 0 Å². The van der Waals surface area contributed by atoms with Crippen molar-refractivity contribution in [1.82, 2.24) is 14.9 Å². The summed E-state index contributed by atoms with van der Waals surface area (Å²) in [5.41, 5.74) is 2.88. The largest absolute Gasteiger partial charge is 0.493 e. The first-order valence-electron chi connectivity index (χ1n) is 9.81. The van der Waals surface area contributed by atoms with Gasteiger partial charge in [0, 0.05) is 12.0 Å². The molecule has 1 heterocycles. The van der Waals surface area contributed by atoms with Crippen molar-refractivity contribution >= 4 is 12.2 Å². The van der Waals surface area contributed by atoms with Crippen molar-refractivity contribution in [3.63, 3.8) is 0 Å². The van der Waals surface area contributed by atoms with E-state index in [2.05, 4.69) is 69.9 Å². The summed E-state index contributed by atoms with van der Waals surface area (Å²) in [4.78, 5) is 0. The molecule has 0 saturated heterocycles. The monoisotopic (exact) mass is 390 g/mol. The first kappa shape index (κ1) is 21.5. The molecule has 5 nitrogen and oxygen atoms in total. The predicted octanol–water partition coefficient (Wildman–Crippen LogP) is 5.04. The Balaban J connectivity index is 2.15. The summed E-state index contributed by atoms with van der Waals surface area (Å²) in [7, 11) is 0. The number of nitrogen functional groups attached to an aromatic ring is 1. The summed E-state index contributed by atoms with van der Waals surface area (Å²) in [6, 6.07) is 6.69. The van der Waals surface area contributed by atoms with Gasteiger partial charge in [-0.1, -0.05) is 53.7 Å². The number of aryl methyl sites for hydroxylation is 1. The van der Waals surface area contributed by atoms with E-state index in [1.54, 1.807) is 0 Å². The van der Waals surface area contributed by atoms with E-state index in [0.29, 0.717) is 11.4 Å². The zero-order chi connectivity index (χ0) is 20.2. The first-order valence-corrected chi connectivity index (χ1v) is 10.2. The second kappa shape index (κ2) is 8.46. The molecule has 150 valence electrons. The molecule has 0 aliphatic heterocycles. The molecule has 27 heavy (non-hydrogen) atoms. The summed E-state index contributed by atoms with van der Waals surface area (Å²) in [6.45, 7) is 14.2. The van der Waals surface area contributed by atoms with Gasteiger partial charge in [-0.2, -0.15) is 5.10 Å². The van der Waals surface area contributed by atoms with Gasteiger partial charge in [0.2, 0.25) is 4.77 Å². The van der Waals surface area contributed by atoms with Crippen LogP contribution in [0.25, 0.3) is 0 Å². The number of hydrogen-bond acceptors (Lipinski definition) is 4. The molecule has 1 aromatic carbocycles. The van der Waals surface area contributed by atoms with E-state index < -0.39 is 0 Å². The normalized spacial score (nSPS) is 12.4. The molecule has 0 fully saturated rings. The Morgan fingerprint density at radius 3 is 2.37 bits per heavy atom. The molecular weight excluding hydrogens is 356 g/mol. The number of benzene rings is 1. The van der Waals surface area contributed by atoms with Crippen LogP contribution in [-0.4, -0.2) is 21.5 Å². The quantitative estimate of drug-likeness (QED) is 0.357. The molecule has 6 heteroatoms. The minimum Gasteiger partial charge on any atom is -0.493 e. The van der Waals surface area contributed by atoms with Crippen LogP contribution in [0.15, 0.2) is 18.2 Å². The maximum absolute atomic E-state index is 6.18. The van der Waals surface area contributed by atoms with E-state index in [1.807, 2.05) is 0 Å². The van der Waals surface area contributed by atoms with Crippen molar-refractivity contribution in [2.45, 2.75) is 78.1 Å². The van der Waals surface area contributed by atoms with Crippen molar-refractivity contribution in [3.05, 3.63) is 39.9 Å². The molecule has 0 spiro atoms. The van der Waals surface area contributed by atoms with Crippen molar-refractivity contribution in [3.8, 4) is 5.75 Å². The van der Waals surface area contributed by atoms with Gasteiger partial charge >= 0.3 is 0 Å². The molecule has 2 aromatic rings. The molecule has 0 aliphatic rings. The smallest absolute Gasteiger partial charge is 0.214 e. The number of aromatic nitrogens is 3. The topological polar surface area (TPSA) is 68.9 Å². The van der Waals surface area contributed by atoms with Crippen molar-refractivity contribution in [1.29, 1.82) is 0 Å². The first-order chi connectivity index (χ1) is 12.6. The lowest BCUT2D eigenvalue weighted by Gasteiger charge is -2.30. The van der Waals surface area contributed by atoms with Crippen LogP contribution < -0.4 is 10.6 Å². The molecular formula is C21H34N4OS. The summed E-state index contributed by atoms with van der Waals surface area (Å²) in [6.07, 6.45) is 3.70. The molecule has 0 radical (unpaired) electrons. The predicted molar refractivity (Wildman–Crippen MR) is 114 cm³/mol. The molecule has 1 aromatic heterocycles. The SMILES string of the molecule is CCC(C)(C)c1ccc(OCCCc2n[nH]c(=S)n2N)c(C(C)(C)CC)c1. The molecule has 0 aliphatic carbocycles. The highest BCUT2D eigenvalue weighted by molar-refractivity contribution is 7.71. The Kier molecular flexibility index (Phi) is 6.73. The maximum Gasteiger partial charge on any atom is 0.214 e. The van der Waals surface area contributed by atoms with Gasteiger partial charge in [-0.05, 0) is 53.9 Å². The Morgan fingerprint density at radius 1 is 1.15 bits per heavy atom. The van der Waals surface area contributed by atoms with Gasteiger partial charge in [-0.15, -0.1) is 0 Å². The van der Waals surface area contributed by atoms with E-state index in [-0.39, 0.29) is 10.8 Å². The van der Waals surface area contributed by atoms with Crippen LogP contribution >= 0.6 is 12.2 Å². The fraction of sp³-hybridized carbons (Fsp3) is 0.619. The minimum atomic E-state index is 0.0644. The standard InChI is InChI=1S/C21H34N4OS/c1-7-20(3,4)15-11-12-17(16(14-15)21(5,6)8-2)26-13-9-10-18-23-24-19(27)25(18)22/h11-12,14H,7-10,13,22H2,1-6H3,(H,24,27). The third-order valence-corrected chi connectivity index (χ3v) is 6.13. The van der Waals surface area contributed by atoms with Gasteiger partial charge in [0.1, 0.15) is 5.75 Å². The van der Waals surface area contributed by atoms with Crippen LogP contribution in [0, 0.1) is 4.77 Å². The number of ether oxygens (including phenoxy) is 1. The average molecular weight is 391 g/mol. The molecule has 0 unspecified atom stereocenters. The van der Waals surface area contributed by atoms with E-state index in [1.165, 1.54) is 15.8 Å². The van der Waals surface area contributed by atoms with Gasteiger partial charge in [-0.3, -0.25) is 5.10 Å². The van der Waals surface area contributed by atoms with Crippen LogP contribution in [0.4, 0.5) is 0 Å². The molecule has 0 amide bonds. The second-order valence-corrected chi connectivity index (χ2v) is 8.84. The number of nitrogens with one attached hydrogen (secondary N) is 1. The number of aromatic amines is 1. The third-order valence-electron chi connectivity index (χ3n) is 5.84. The number of nitrogens with zero attached hydrogens (tertiary/aromatic N) is 2. The Hall–Kier alpha value is -1.82. The summed E-state index contributed by atoms with van der Waals surface area (Å²) >= 11 is 5.04. The molecule has 0 saturated carbocycles. The maximum atomic E-state index is 6.18. The highest BCUT2D eigenvalue weighted by Gasteiger charge is 2.26. The number of H-pyrrole nitrogens is 1. The lowest BCUT2D eigenvalue weighted by atomic mass is 9.76. The van der Waals surface area contributed by atoms with Crippen LogP contribution in [0.5, 0.6) is 5.75 Å². The highest BCUT2D eigenvalue weighted by atomic mass is 32.1. The van der Waals surface area contributed by atoms with Gasteiger partial charge in [0.25, 0.3) is 0 Å². The van der Waals surface area contributed by atoms with Gasteiger partial charge in [-0.25, -0.2) is 4.68 Å². The lowest BCUT2D eigenvalue weighted by molar-refractivity contribution is 0.298. The zero-order valence-electron chi connectivity index (χ0n) is 17.6.